The highest BCUT2D eigenvalue weighted by Crippen LogP contribution is 2.31. The third kappa shape index (κ3) is 3.93. The molecule has 1 aliphatic heterocycles. The van der Waals surface area contributed by atoms with Crippen LogP contribution >= 0.6 is 0 Å². The van der Waals surface area contributed by atoms with Gasteiger partial charge in [-0.15, -0.1) is 5.10 Å². The fraction of sp³-hybridized carbons (Fsp3) is 0.650. The van der Waals surface area contributed by atoms with Gasteiger partial charge in [0, 0.05) is 26.2 Å². The molecule has 2 heterocycles. The first kappa shape index (κ1) is 19.6. The molecule has 1 unspecified atom stereocenters. The largest absolute Gasteiger partial charge is 0.495 e. The Hall–Kier alpha value is -2.15. The molecule has 1 aliphatic rings. The van der Waals surface area contributed by atoms with Gasteiger partial charge in [-0.1, -0.05) is 26.0 Å². The van der Waals surface area contributed by atoms with Gasteiger partial charge in [-0.3, -0.25) is 4.90 Å². The van der Waals surface area contributed by atoms with Gasteiger partial charge in [0.25, 0.3) is 0 Å². The number of rotatable bonds is 7. The second kappa shape index (κ2) is 8.25. The number of para-hydroxylation sites is 2. The van der Waals surface area contributed by atoms with Gasteiger partial charge in [0.2, 0.25) is 0 Å². The van der Waals surface area contributed by atoms with Crippen LogP contribution in [0.5, 0.6) is 5.75 Å². The van der Waals surface area contributed by atoms with Crippen molar-refractivity contribution in [2.75, 3.05) is 38.2 Å². The molecule has 1 saturated heterocycles. The summed E-state index contributed by atoms with van der Waals surface area (Å²) in [6, 6.07) is 8.49. The van der Waals surface area contributed by atoms with Crippen molar-refractivity contribution in [2.24, 2.45) is 0 Å². The van der Waals surface area contributed by atoms with Gasteiger partial charge in [-0.25, -0.2) is 4.68 Å². The maximum absolute atomic E-state index is 5.53. The molecule has 2 aromatic rings. The third-order valence-electron chi connectivity index (χ3n) is 5.80. The zero-order valence-electron chi connectivity index (χ0n) is 17.2. The summed E-state index contributed by atoms with van der Waals surface area (Å²) in [5.74, 6) is 1.92. The summed E-state index contributed by atoms with van der Waals surface area (Å²) >= 11 is 0. The van der Waals surface area contributed by atoms with E-state index in [4.69, 9.17) is 4.74 Å². The molecule has 1 fully saturated rings. The SMILES string of the molecule is CCC(c1nnnn1C(C)(C)CC)N1CCN(c2ccccc2OC)CC1. The highest BCUT2D eigenvalue weighted by molar-refractivity contribution is 5.58. The molecule has 0 radical (unpaired) electrons. The molecule has 7 heteroatoms. The predicted octanol–water partition coefficient (Wildman–Crippen LogP) is 3.10. The molecule has 7 nitrogen and oxygen atoms in total. The number of ether oxygens (including phenoxy) is 1. The van der Waals surface area contributed by atoms with Crippen LogP contribution in [0.4, 0.5) is 5.69 Å². The van der Waals surface area contributed by atoms with Gasteiger partial charge in [-0.05, 0) is 49.2 Å². The minimum Gasteiger partial charge on any atom is -0.495 e. The summed E-state index contributed by atoms with van der Waals surface area (Å²) in [5, 5.41) is 12.7. The monoisotopic (exact) mass is 372 g/mol. The van der Waals surface area contributed by atoms with Gasteiger partial charge in [0.05, 0.1) is 24.4 Å². The quantitative estimate of drug-likeness (QED) is 0.744. The smallest absolute Gasteiger partial charge is 0.168 e. The number of piperazine rings is 1. The summed E-state index contributed by atoms with van der Waals surface area (Å²) in [4.78, 5) is 4.92. The lowest BCUT2D eigenvalue weighted by Gasteiger charge is -2.40. The Balaban J connectivity index is 1.74. The Morgan fingerprint density at radius 2 is 1.81 bits per heavy atom. The van der Waals surface area contributed by atoms with Crippen molar-refractivity contribution in [3.05, 3.63) is 30.1 Å². The number of aromatic nitrogens is 4. The number of benzene rings is 1. The van der Waals surface area contributed by atoms with Crippen LogP contribution in [-0.2, 0) is 5.54 Å². The standard InChI is InChI=1S/C20H32N6O/c1-6-16(19-21-22-23-26(19)20(3,4)7-2)24-12-14-25(15-13-24)17-10-8-9-11-18(17)27-5/h8-11,16H,6-7,12-15H2,1-5H3. The average Bonchev–Trinajstić information content (AvgIpc) is 3.19. The van der Waals surface area contributed by atoms with E-state index >= 15 is 0 Å². The van der Waals surface area contributed by atoms with Crippen LogP contribution in [0, 0.1) is 0 Å². The zero-order chi connectivity index (χ0) is 19.4. The Labute approximate surface area is 162 Å². The van der Waals surface area contributed by atoms with Crippen LogP contribution in [0.3, 0.4) is 0 Å². The first-order chi connectivity index (χ1) is 13.0. The van der Waals surface area contributed by atoms with Crippen LogP contribution < -0.4 is 9.64 Å². The van der Waals surface area contributed by atoms with Gasteiger partial charge in [0.15, 0.2) is 5.82 Å². The zero-order valence-corrected chi connectivity index (χ0v) is 17.2. The highest BCUT2D eigenvalue weighted by Gasteiger charge is 2.32. The Kier molecular flexibility index (Phi) is 5.99. The second-order valence-electron chi connectivity index (χ2n) is 7.73. The molecular formula is C20H32N6O. The molecular weight excluding hydrogens is 340 g/mol. The van der Waals surface area contributed by atoms with E-state index in [0.717, 1.165) is 50.6 Å². The minimum atomic E-state index is -0.0779. The van der Waals surface area contributed by atoms with Crippen LogP contribution in [0.15, 0.2) is 24.3 Å². The molecule has 0 aliphatic carbocycles. The molecule has 0 amide bonds. The van der Waals surface area contributed by atoms with Crippen LogP contribution in [0.1, 0.15) is 52.4 Å². The Bertz CT molecular complexity index is 736. The molecule has 0 saturated carbocycles. The fourth-order valence-electron chi connectivity index (χ4n) is 3.75. The molecule has 0 N–H and O–H groups in total. The normalized spacial score (nSPS) is 17.1. The van der Waals surface area contributed by atoms with Crippen molar-refractivity contribution in [3.63, 3.8) is 0 Å². The van der Waals surface area contributed by atoms with E-state index in [9.17, 15) is 0 Å². The maximum atomic E-state index is 5.53. The fourth-order valence-corrected chi connectivity index (χ4v) is 3.75. The summed E-state index contributed by atoms with van der Waals surface area (Å²) in [6.45, 7) is 12.7. The molecule has 1 atom stereocenters. The molecule has 0 spiro atoms. The van der Waals surface area contributed by atoms with Crippen molar-refractivity contribution >= 4 is 5.69 Å². The topological polar surface area (TPSA) is 59.3 Å². The lowest BCUT2D eigenvalue weighted by atomic mass is 10.0. The van der Waals surface area contributed by atoms with Gasteiger partial charge in [-0.2, -0.15) is 0 Å². The minimum absolute atomic E-state index is 0.0779. The number of nitrogens with zero attached hydrogens (tertiary/aromatic N) is 6. The highest BCUT2D eigenvalue weighted by atomic mass is 16.5. The van der Waals surface area contributed by atoms with Crippen LogP contribution in [0.2, 0.25) is 0 Å². The Morgan fingerprint density at radius 1 is 1.11 bits per heavy atom. The lowest BCUT2D eigenvalue weighted by molar-refractivity contribution is 0.158. The van der Waals surface area contributed by atoms with Crippen LogP contribution in [0.25, 0.3) is 0 Å². The van der Waals surface area contributed by atoms with E-state index in [0.29, 0.717) is 0 Å². The van der Waals surface area contributed by atoms with Crippen molar-refractivity contribution in [2.45, 2.75) is 52.1 Å². The first-order valence-corrected chi connectivity index (χ1v) is 9.92. The van der Waals surface area contributed by atoms with Crippen molar-refractivity contribution in [1.82, 2.24) is 25.1 Å². The second-order valence-corrected chi connectivity index (χ2v) is 7.73. The van der Waals surface area contributed by atoms with Gasteiger partial charge in [0.1, 0.15) is 5.75 Å². The van der Waals surface area contributed by atoms with Gasteiger partial charge >= 0.3 is 0 Å². The molecule has 148 valence electrons. The predicted molar refractivity (Wildman–Crippen MR) is 107 cm³/mol. The van der Waals surface area contributed by atoms with Gasteiger partial charge < -0.3 is 9.64 Å². The molecule has 1 aromatic heterocycles. The van der Waals surface area contributed by atoms with E-state index in [1.807, 2.05) is 16.8 Å². The number of hydrogen-bond acceptors (Lipinski definition) is 6. The molecule has 0 bridgehead atoms. The third-order valence-corrected chi connectivity index (χ3v) is 5.80. The number of hydrogen-bond donors (Lipinski definition) is 0. The summed E-state index contributed by atoms with van der Waals surface area (Å²) in [6.07, 6.45) is 1.98. The van der Waals surface area contributed by atoms with E-state index in [2.05, 4.69) is 65.2 Å². The number of anilines is 1. The first-order valence-electron chi connectivity index (χ1n) is 9.92. The van der Waals surface area contributed by atoms with E-state index in [1.54, 1.807) is 7.11 Å². The van der Waals surface area contributed by atoms with E-state index in [1.165, 1.54) is 5.69 Å². The van der Waals surface area contributed by atoms with Crippen LogP contribution in [-0.4, -0.2) is 58.4 Å². The summed E-state index contributed by atoms with van der Waals surface area (Å²) in [5.41, 5.74) is 1.09. The van der Waals surface area contributed by atoms with Crippen molar-refractivity contribution < 1.29 is 4.74 Å². The van der Waals surface area contributed by atoms with Crippen molar-refractivity contribution in [1.29, 1.82) is 0 Å². The average molecular weight is 373 g/mol. The molecule has 1 aromatic carbocycles. The lowest BCUT2D eigenvalue weighted by Crippen LogP contribution is -2.48. The summed E-state index contributed by atoms with van der Waals surface area (Å²) < 4.78 is 7.55. The molecule has 3 rings (SSSR count). The molecule has 27 heavy (non-hydrogen) atoms. The maximum Gasteiger partial charge on any atom is 0.168 e. The van der Waals surface area contributed by atoms with E-state index < -0.39 is 0 Å². The van der Waals surface area contributed by atoms with Crippen molar-refractivity contribution in [3.8, 4) is 5.75 Å². The Morgan fingerprint density at radius 3 is 2.44 bits per heavy atom. The number of tetrazole rings is 1. The van der Waals surface area contributed by atoms with E-state index in [-0.39, 0.29) is 11.6 Å². The number of methoxy groups -OCH3 is 1. The summed E-state index contributed by atoms with van der Waals surface area (Å²) in [7, 11) is 1.73.